The third kappa shape index (κ3) is 4.06. The van der Waals surface area contributed by atoms with Crippen LogP contribution in [0.2, 0.25) is 0 Å². The molecule has 0 bridgehead atoms. The van der Waals surface area contributed by atoms with Gasteiger partial charge in [-0.2, -0.15) is 11.3 Å². The maximum Gasteiger partial charge on any atom is 0.261 e. The van der Waals surface area contributed by atoms with Gasteiger partial charge in [0.1, 0.15) is 0 Å². The van der Waals surface area contributed by atoms with Gasteiger partial charge in [-0.05, 0) is 47.7 Å². The second-order valence-electron chi connectivity index (χ2n) is 4.68. The molecular formula is C15H20N2O2S2. The maximum absolute atomic E-state index is 12.4. The SMILES string of the molecule is CCNCc1cc(S(=O)(=O)Nc2ccsc2)ccc1CC. The van der Waals surface area contributed by atoms with Crippen LogP contribution >= 0.6 is 11.3 Å². The van der Waals surface area contributed by atoms with Crippen LogP contribution < -0.4 is 10.0 Å². The Labute approximate surface area is 130 Å². The molecule has 0 radical (unpaired) electrons. The highest BCUT2D eigenvalue weighted by atomic mass is 32.2. The molecule has 2 N–H and O–H groups in total. The summed E-state index contributed by atoms with van der Waals surface area (Å²) in [6.07, 6.45) is 0.888. The Bertz CT molecular complexity index is 680. The Morgan fingerprint density at radius 1 is 1.14 bits per heavy atom. The molecule has 4 nitrogen and oxygen atoms in total. The topological polar surface area (TPSA) is 58.2 Å². The quantitative estimate of drug-likeness (QED) is 0.822. The summed E-state index contributed by atoms with van der Waals surface area (Å²) in [6, 6.07) is 7.08. The fourth-order valence-corrected chi connectivity index (χ4v) is 3.84. The van der Waals surface area contributed by atoms with Crippen LogP contribution in [0.5, 0.6) is 0 Å². The summed E-state index contributed by atoms with van der Waals surface area (Å²) in [5.41, 5.74) is 2.81. The van der Waals surface area contributed by atoms with Crippen molar-refractivity contribution in [3.05, 3.63) is 46.2 Å². The van der Waals surface area contributed by atoms with Crippen molar-refractivity contribution < 1.29 is 8.42 Å². The lowest BCUT2D eigenvalue weighted by Crippen LogP contribution is -2.16. The Hall–Kier alpha value is -1.37. The fraction of sp³-hybridized carbons (Fsp3) is 0.333. The average molecular weight is 324 g/mol. The highest BCUT2D eigenvalue weighted by Crippen LogP contribution is 2.21. The van der Waals surface area contributed by atoms with Crippen LogP contribution in [-0.2, 0) is 23.0 Å². The summed E-state index contributed by atoms with van der Waals surface area (Å²) in [5.74, 6) is 0. The molecule has 6 heteroatoms. The van der Waals surface area contributed by atoms with E-state index in [0.29, 0.717) is 17.1 Å². The Morgan fingerprint density at radius 2 is 1.95 bits per heavy atom. The van der Waals surface area contributed by atoms with Gasteiger partial charge in [-0.1, -0.05) is 19.9 Å². The number of anilines is 1. The van der Waals surface area contributed by atoms with E-state index in [1.807, 2.05) is 18.4 Å². The molecule has 114 valence electrons. The van der Waals surface area contributed by atoms with Crippen molar-refractivity contribution in [1.29, 1.82) is 0 Å². The van der Waals surface area contributed by atoms with E-state index in [9.17, 15) is 8.42 Å². The van der Waals surface area contributed by atoms with Gasteiger partial charge in [0.15, 0.2) is 0 Å². The van der Waals surface area contributed by atoms with Crippen molar-refractivity contribution in [2.75, 3.05) is 11.3 Å². The minimum absolute atomic E-state index is 0.304. The molecule has 0 aliphatic heterocycles. The van der Waals surface area contributed by atoms with Gasteiger partial charge in [0, 0.05) is 11.9 Å². The normalized spacial score (nSPS) is 11.5. The number of nitrogens with one attached hydrogen (secondary N) is 2. The minimum atomic E-state index is -3.53. The zero-order valence-corrected chi connectivity index (χ0v) is 13.9. The summed E-state index contributed by atoms with van der Waals surface area (Å²) in [7, 11) is -3.53. The predicted molar refractivity (Wildman–Crippen MR) is 88.3 cm³/mol. The molecule has 0 saturated carbocycles. The zero-order valence-electron chi connectivity index (χ0n) is 12.2. The van der Waals surface area contributed by atoms with E-state index >= 15 is 0 Å². The molecule has 1 aromatic heterocycles. The highest BCUT2D eigenvalue weighted by molar-refractivity contribution is 7.92. The Balaban J connectivity index is 2.30. The van der Waals surface area contributed by atoms with E-state index in [2.05, 4.69) is 17.0 Å². The summed E-state index contributed by atoms with van der Waals surface area (Å²) in [4.78, 5) is 0.304. The average Bonchev–Trinajstić information content (AvgIpc) is 2.96. The zero-order chi connectivity index (χ0) is 15.3. The first-order valence-corrected chi connectivity index (χ1v) is 9.37. The van der Waals surface area contributed by atoms with Crippen LogP contribution in [0, 0.1) is 0 Å². The molecule has 0 atom stereocenters. The molecule has 0 spiro atoms. The summed E-state index contributed by atoms with van der Waals surface area (Å²) >= 11 is 1.46. The predicted octanol–water partition coefficient (Wildman–Crippen LogP) is 3.22. The van der Waals surface area contributed by atoms with Gasteiger partial charge < -0.3 is 5.32 Å². The smallest absolute Gasteiger partial charge is 0.261 e. The molecule has 1 aromatic carbocycles. The van der Waals surface area contributed by atoms with Gasteiger partial charge in [0.25, 0.3) is 10.0 Å². The third-order valence-corrected chi connectivity index (χ3v) is 5.27. The molecular weight excluding hydrogens is 304 g/mol. The first kappa shape index (κ1) is 16.0. The first-order chi connectivity index (χ1) is 10.1. The number of benzene rings is 1. The molecule has 0 unspecified atom stereocenters. The number of hydrogen-bond acceptors (Lipinski definition) is 4. The van der Waals surface area contributed by atoms with Gasteiger partial charge >= 0.3 is 0 Å². The second-order valence-corrected chi connectivity index (χ2v) is 7.14. The highest BCUT2D eigenvalue weighted by Gasteiger charge is 2.16. The Morgan fingerprint density at radius 3 is 2.57 bits per heavy atom. The summed E-state index contributed by atoms with van der Waals surface area (Å²) in [5, 5.41) is 6.87. The minimum Gasteiger partial charge on any atom is -0.313 e. The van der Waals surface area contributed by atoms with Crippen molar-refractivity contribution in [3.63, 3.8) is 0 Å². The van der Waals surface area contributed by atoms with Crippen molar-refractivity contribution in [2.24, 2.45) is 0 Å². The van der Waals surface area contributed by atoms with E-state index in [1.54, 1.807) is 23.6 Å². The van der Waals surface area contributed by atoms with Crippen LogP contribution in [0.3, 0.4) is 0 Å². The van der Waals surface area contributed by atoms with E-state index in [4.69, 9.17) is 0 Å². The lowest BCUT2D eigenvalue weighted by Gasteiger charge is -2.12. The van der Waals surface area contributed by atoms with Crippen LogP contribution in [0.25, 0.3) is 0 Å². The van der Waals surface area contributed by atoms with E-state index < -0.39 is 10.0 Å². The van der Waals surface area contributed by atoms with Gasteiger partial charge in [0.05, 0.1) is 10.6 Å². The summed E-state index contributed by atoms with van der Waals surface area (Å²) in [6.45, 7) is 5.64. The van der Waals surface area contributed by atoms with E-state index in [1.165, 1.54) is 16.9 Å². The molecule has 0 fully saturated rings. The maximum atomic E-state index is 12.4. The van der Waals surface area contributed by atoms with Gasteiger partial charge in [-0.15, -0.1) is 0 Å². The van der Waals surface area contributed by atoms with Crippen molar-refractivity contribution >= 4 is 27.0 Å². The number of aryl methyl sites for hydroxylation is 1. The van der Waals surface area contributed by atoms with E-state index in [0.717, 1.165) is 18.5 Å². The van der Waals surface area contributed by atoms with Crippen LogP contribution in [-0.4, -0.2) is 15.0 Å². The molecule has 0 amide bonds. The monoisotopic (exact) mass is 324 g/mol. The number of rotatable bonds is 7. The van der Waals surface area contributed by atoms with Crippen LogP contribution in [0.1, 0.15) is 25.0 Å². The fourth-order valence-electron chi connectivity index (χ4n) is 2.08. The Kier molecular flexibility index (Phi) is 5.39. The number of hydrogen-bond donors (Lipinski definition) is 2. The van der Waals surface area contributed by atoms with Gasteiger partial charge in [0.2, 0.25) is 0 Å². The first-order valence-electron chi connectivity index (χ1n) is 6.94. The standard InChI is InChI=1S/C15H20N2O2S2/c1-3-12-5-6-15(9-13(12)10-16-4-2)21(18,19)17-14-7-8-20-11-14/h5-9,11,16-17H,3-4,10H2,1-2H3. The van der Waals surface area contributed by atoms with Gasteiger partial charge in [-0.3, -0.25) is 4.72 Å². The number of thiophene rings is 1. The molecule has 0 aliphatic carbocycles. The van der Waals surface area contributed by atoms with Crippen molar-refractivity contribution in [3.8, 4) is 0 Å². The third-order valence-electron chi connectivity index (χ3n) is 3.21. The molecule has 2 aromatic rings. The largest absolute Gasteiger partial charge is 0.313 e. The van der Waals surface area contributed by atoms with Crippen LogP contribution in [0.4, 0.5) is 5.69 Å². The molecule has 1 heterocycles. The lowest BCUT2D eigenvalue weighted by molar-refractivity contribution is 0.601. The van der Waals surface area contributed by atoms with Gasteiger partial charge in [-0.25, -0.2) is 8.42 Å². The van der Waals surface area contributed by atoms with Crippen LogP contribution in [0.15, 0.2) is 39.9 Å². The van der Waals surface area contributed by atoms with Crippen molar-refractivity contribution in [2.45, 2.75) is 31.7 Å². The molecule has 21 heavy (non-hydrogen) atoms. The number of sulfonamides is 1. The van der Waals surface area contributed by atoms with E-state index in [-0.39, 0.29) is 0 Å². The summed E-state index contributed by atoms with van der Waals surface area (Å²) < 4.78 is 27.4. The lowest BCUT2D eigenvalue weighted by atomic mass is 10.1. The molecule has 2 rings (SSSR count). The molecule has 0 aliphatic rings. The molecule has 0 saturated heterocycles. The second kappa shape index (κ2) is 7.06. The van der Waals surface area contributed by atoms with Crippen molar-refractivity contribution in [1.82, 2.24) is 5.32 Å².